The highest BCUT2D eigenvalue weighted by Crippen LogP contribution is 2.34. The minimum Gasteiger partial charge on any atom is -0.448 e. The van der Waals surface area contributed by atoms with E-state index in [4.69, 9.17) is 14.0 Å². The van der Waals surface area contributed by atoms with Gasteiger partial charge in [-0.1, -0.05) is 22.9 Å². The summed E-state index contributed by atoms with van der Waals surface area (Å²) in [5, 5.41) is 13.0. The molecule has 3 aromatic rings. The molecule has 0 aliphatic carbocycles. The number of aliphatic hydroxyl groups is 1. The van der Waals surface area contributed by atoms with Crippen molar-refractivity contribution in [2.24, 2.45) is 5.92 Å². The first-order chi connectivity index (χ1) is 14.6. The van der Waals surface area contributed by atoms with Crippen LogP contribution in [0.25, 0.3) is 11.0 Å². The molecular formula is C21H23BrFN3O5. The Labute approximate surface area is 186 Å². The molecule has 2 heterocycles. The molecule has 8 nitrogen and oxygen atoms in total. The molecule has 3 N–H and O–H groups in total. The van der Waals surface area contributed by atoms with Gasteiger partial charge in [0.2, 0.25) is 5.76 Å². The fourth-order valence-electron chi connectivity index (χ4n) is 2.64. The molecule has 0 unspecified atom stereocenters. The predicted molar refractivity (Wildman–Crippen MR) is 116 cm³/mol. The van der Waals surface area contributed by atoms with Gasteiger partial charge in [0.15, 0.2) is 5.79 Å². The third kappa shape index (κ3) is 6.23. The normalized spacial score (nSPS) is 12.7. The Balaban J connectivity index is 1.74. The number of pyridine rings is 1. The summed E-state index contributed by atoms with van der Waals surface area (Å²) >= 11 is 3.21. The fourth-order valence-corrected chi connectivity index (χ4v) is 2.97. The highest BCUT2D eigenvalue weighted by atomic mass is 79.9. The van der Waals surface area contributed by atoms with Crippen LogP contribution >= 0.6 is 15.9 Å². The van der Waals surface area contributed by atoms with E-state index < -0.39 is 17.5 Å². The molecular weight excluding hydrogens is 473 g/mol. The van der Waals surface area contributed by atoms with Gasteiger partial charge in [0.05, 0.1) is 24.3 Å². The number of carbonyl (C=O) groups excluding carboxylic acids is 1. The van der Waals surface area contributed by atoms with Gasteiger partial charge in [-0.3, -0.25) is 14.6 Å². The minimum absolute atomic E-state index is 0.0780. The zero-order chi connectivity index (χ0) is 22.6. The van der Waals surface area contributed by atoms with Gasteiger partial charge in [0.25, 0.3) is 0 Å². The number of carbonyl (C=O) groups is 1. The quantitative estimate of drug-likeness (QED) is 0.296. The Bertz CT molecular complexity index is 1070. The average molecular weight is 496 g/mol. The van der Waals surface area contributed by atoms with Gasteiger partial charge >= 0.3 is 5.91 Å². The molecule has 31 heavy (non-hydrogen) atoms. The van der Waals surface area contributed by atoms with E-state index in [9.17, 15) is 14.3 Å². The summed E-state index contributed by atoms with van der Waals surface area (Å²) in [4.78, 5) is 22.0. The van der Waals surface area contributed by atoms with Crippen LogP contribution in [0.1, 0.15) is 31.3 Å². The van der Waals surface area contributed by atoms with Gasteiger partial charge < -0.3 is 19.6 Å². The Hall–Kier alpha value is -2.53. The minimum atomic E-state index is -1.25. The SMILES string of the molecule is C[C@@H](CONC(=O)c1oc2ccncc2c1Nc1ccc(Br)cc1F)COC(C)(C)O. The van der Waals surface area contributed by atoms with Crippen molar-refractivity contribution in [3.63, 3.8) is 0 Å². The zero-order valence-corrected chi connectivity index (χ0v) is 18.8. The first-order valence-corrected chi connectivity index (χ1v) is 10.3. The Morgan fingerprint density at radius 2 is 2.13 bits per heavy atom. The molecule has 2 aromatic heterocycles. The summed E-state index contributed by atoms with van der Waals surface area (Å²) in [6, 6.07) is 6.12. The Kier molecular flexibility index (Phi) is 7.26. The third-order valence-corrected chi connectivity index (χ3v) is 4.63. The molecule has 0 aliphatic rings. The van der Waals surface area contributed by atoms with Crippen molar-refractivity contribution < 1.29 is 28.3 Å². The summed E-state index contributed by atoms with van der Waals surface area (Å²) in [5.74, 6) is -2.57. The number of aromatic nitrogens is 1. The number of furan rings is 1. The number of nitrogens with one attached hydrogen (secondary N) is 2. The molecule has 1 atom stereocenters. The summed E-state index contributed by atoms with van der Waals surface area (Å²) in [7, 11) is 0. The van der Waals surface area contributed by atoms with Crippen LogP contribution in [-0.4, -0.2) is 35.0 Å². The number of hydroxylamine groups is 1. The number of benzene rings is 1. The number of fused-ring (bicyclic) bond motifs is 1. The zero-order valence-electron chi connectivity index (χ0n) is 17.2. The highest BCUT2D eigenvalue weighted by Gasteiger charge is 2.23. The largest absolute Gasteiger partial charge is 0.448 e. The van der Waals surface area contributed by atoms with Crippen LogP contribution in [0.5, 0.6) is 0 Å². The molecule has 0 spiro atoms. The topological polar surface area (TPSA) is 106 Å². The maximum Gasteiger partial charge on any atom is 0.312 e. The first kappa shape index (κ1) is 23.1. The summed E-state index contributed by atoms with van der Waals surface area (Å²) < 4.78 is 25.8. The smallest absolute Gasteiger partial charge is 0.312 e. The monoisotopic (exact) mass is 495 g/mol. The van der Waals surface area contributed by atoms with Crippen LogP contribution in [0.2, 0.25) is 0 Å². The molecule has 0 fully saturated rings. The number of rotatable bonds is 9. The average Bonchev–Trinajstić information content (AvgIpc) is 3.06. The lowest BCUT2D eigenvalue weighted by Crippen LogP contribution is -2.30. The van der Waals surface area contributed by atoms with Crippen molar-refractivity contribution in [1.29, 1.82) is 0 Å². The molecule has 1 amide bonds. The van der Waals surface area contributed by atoms with E-state index in [-0.39, 0.29) is 36.3 Å². The molecule has 1 aromatic carbocycles. The number of amides is 1. The lowest BCUT2D eigenvalue weighted by atomic mass is 10.2. The van der Waals surface area contributed by atoms with E-state index in [1.54, 1.807) is 12.1 Å². The van der Waals surface area contributed by atoms with Crippen molar-refractivity contribution >= 4 is 44.2 Å². The molecule has 0 saturated heterocycles. The molecule has 0 bridgehead atoms. The Morgan fingerprint density at radius 3 is 2.84 bits per heavy atom. The van der Waals surface area contributed by atoms with Gasteiger partial charge in [0, 0.05) is 22.8 Å². The molecule has 0 aliphatic heterocycles. The van der Waals surface area contributed by atoms with E-state index in [2.05, 4.69) is 31.7 Å². The second kappa shape index (κ2) is 9.73. The van der Waals surface area contributed by atoms with E-state index in [1.807, 2.05) is 6.92 Å². The number of nitrogens with zero attached hydrogens (tertiary/aromatic N) is 1. The molecule has 0 radical (unpaired) electrons. The van der Waals surface area contributed by atoms with Gasteiger partial charge in [-0.25, -0.2) is 9.87 Å². The second-order valence-electron chi connectivity index (χ2n) is 7.53. The molecule has 10 heteroatoms. The Morgan fingerprint density at radius 1 is 1.35 bits per heavy atom. The predicted octanol–water partition coefficient (Wildman–Crippen LogP) is 4.52. The van der Waals surface area contributed by atoms with E-state index in [0.717, 1.165) is 0 Å². The van der Waals surface area contributed by atoms with Crippen LogP contribution in [0.15, 0.2) is 45.5 Å². The first-order valence-electron chi connectivity index (χ1n) is 9.51. The van der Waals surface area contributed by atoms with Crippen molar-refractivity contribution in [1.82, 2.24) is 10.5 Å². The number of anilines is 2. The maximum atomic E-state index is 14.3. The molecule has 0 saturated carbocycles. The fraction of sp³-hybridized carbons (Fsp3) is 0.333. The van der Waals surface area contributed by atoms with Gasteiger partial charge in [0.1, 0.15) is 17.1 Å². The van der Waals surface area contributed by atoms with Gasteiger partial charge in [-0.05, 0) is 38.1 Å². The van der Waals surface area contributed by atoms with Crippen LogP contribution in [0, 0.1) is 11.7 Å². The molecule has 166 valence electrons. The van der Waals surface area contributed by atoms with Crippen LogP contribution in [-0.2, 0) is 9.57 Å². The summed E-state index contributed by atoms with van der Waals surface area (Å²) in [6.45, 7) is 5.29. The standard InChI is InChI=1S/C21H23BrFN3O5/c1-12(10-29-21(2,3)28)11-30-26-20(27)19-18(14-9-24-7-6-17(14)31-19)25-16-5-4-13(22)8-15(16)23/h4-9,12,25,28H,10-11H2,1-3H3,(H,26,27)/t12-/m1/s1. The lowest BCUT2D eigenvalue weighted by molar-refractivity contribution is -0.186. The number of hydrogen-bond acceptors (Lipinski definition) is 7. The lowest BCUT2D eigenvalue weighted by Gasteiger charge is -2.21. The number of halogens is 2. The van der Waals surface area contributed by atoms with Crippen molar-refractivity contribution in [2.45, 2.75) is 26.6 Å². The number of hydrogen-bond donors (Lipinski definition) is 3. The second-order valence-corrected chi connectivity index (χ2v) is 8.45. The van der Waals surface area contributed by atoms with Crippen molar-refractivity contribution in [3.05, 3.63) is 52.7 Å². The third-order valence-electron chi connectivity index (χ3n) is 4.14. The van der Waals surface area contributed by atoms with Crippen LogP contribution in [0.4, 0.5) is 15.8 Å². The van der Waals surface area contributed by atoms with E-state index >= 15 is 0 Å². The highest BCUT2D eigenvalue weighted by molar-refractivity contribution is 9.10. The summed E-state index contributed by atoms with van der Waals surface area (Å²) in [5.41, 5.74) is 3.17. The van der Waals surface area contributed by atoms with Gasteiger partial charge in [-0.15, -0.1) is 0 Å². The summed E-state index contributed by atoms with van der Waals surface area (Å²) in [6.07, 6.45) is 3.05. The van der Waals surface area contributed by atoms with Crippen LogP contribution in [0.3, 0.4) is 0 Å². The van der Waals surface area contributed by atoms with Crippen molar-refractivity contribution in [2.75, 3.05) is 18.5 Å². The van der Waals surface area contributed by atoms with E-state index in [0.29, 0.717) is 15.4 Å². The van der Waals surface area contributed by atoms with Gasteiger partial charge in [-0.2, -0.15) is 0 Å². The van der Waals surface area contributed by atoms with Crippen LogP contribution < -0.4 is 10.8 Å². The van der Waals surface area contributed by atoms with Crippen molar-refractivity contribution in [3.8, 4) is 0 Å². The maximum absolute atomic E-state index is 14.3. The molecule has 3 rings (SSSR count). The number of ether oxygens (including phenoxy) is 1. The van der Waals surface area contributed by atoms with E-state index in [1.165, 1.54) is 38.4 Å².